The summed E-state index contributed by atoms with van der Waals surface area (Å²) in [5.41, 5.74) is 6.46. The third-order valence-corrected chi connectivity index (χ3v) is 4.48. The molecule has 24 heavy (non-hydrogen) atoms. The molecule has 1 aliphatic carbocycles. The maximum Gasteiger partial charge on any atom is 0.407 e. The zero-order chi connectivity index (χ0) is 17.4. The van der Waals surface area contributed by atoms with Crippen molar-refractivity contribution in [2.24, 2.45) is 5.73 Å². The van der Waals surface area contributed by atoms with E-state index in [1.54, 1.807) is 4.90 Å². The fourth-order valence-electron chi connectivity index (χ4n) is 3.28. The van der Waals surface area contributed by atoms with Crippen LogP contribution in [0.1, 0.15) is 38.2 Å². The van der Waals surface area contributed by atoms with Gasteiger partial charge in [0.15, 0.2) is 0 Å². The first-order valence-corrected chi connectivity index (χ1v) is 8.62. The highest BCUT2D eigenvalue weighted by molar-refractivity contribution is 5.78. The Labute approximate surface area is 143 Å². The normalized spacial score (nSPS) is 20.2. The molecule has 1 fully saturated rings. The molecule has 2 atom stereocenters. The Morgan fingerprint density at radius 2 is 1.96 bits per heavy atom. The molecule has 0 bridgehead atoms. The third kappa shape index (κ3) is 4.96. The van der Waals surface area contributed by atoms with Crippen molar-refractivity contribution in [3.8, 4) is 0 Å². The van der Waals surface area contributed by atoms with Gasteiger partial charge in [0.2, 0.25) is 5.91 Å². The number of alkyl carbamates (subject to hydrolysis) is 1. The highest BCUT2D eigenvalue weighted by atomic mass is 16.5. The summed E-state index contributed by atoms with van der Waals surface area (Å²) in [4.78, 5) is 25.9. The van der Waals surface area contributed by atoms with Crippen molar-refractivity contribution < 1.29 is 14.3 Å². The summed E-state index contributed by atoms with van der Waals surface area (Å²) in [5, 5.41) is 2.94. The predicted molar refractivity (Wildman–Crippen MR) is 92.2 cm³/mol. The largest absolute Gasteiger partial charge is 0.445 e. The van der Waals surface area contributed by atoms with Crippen molar-refractivity contribution in [3.05, 3.63) is 35.9 Å². The van der Waals surface area contributed by atoms with E-state index in [0.29, 0.717) is 6.54 Å². The van der Waals surface area contributed by atoms with Crippen LogP contribution in [0.2, 0.25) is 0 Å². The van der Waals surface area contributed by atoms with Gasteiger partial charge in [0.25, 0.3) is 0 Å². The summed E-state index contributed by atoms with van der Waals surface area (Å²) < 4.78 is 5.30. The van der Waals surface area contributed by atoms with Crippen LogP contribution in [0.25, 0.3) is 0 Å². The van der Waals surface area contributed by atoms with Crippen molar-refractivity contribution >= 4 is 12.0 Å². The van der Waals surface area contributed by atoms with Gasteiger partial charge in [-0.3, -0.25) is 4.79 Å². The van der Waals surface area contributed by atoms with Gasteiger partial charge in [-0.15, -0.1) is 0 Å². The molecule has 0 saturated heterocycles. The number of carbonyl (C=O) groups excluding carboxylic acids is 2. The molecule has 1 aromatic rings. The standard InChI is InChI=1S/C18H27N3O3/c1-2-21(17(22)12-19)16-11-7-6-10-15(16)20-18(23)24-13-14-8-4-3-5-9-14/h3-5,8-9,15-16H,2,6-7,10-13,19H2,1H3,(H,20,23)/t15-,16-/m1/s1. The van der Waals surface area contributed by atoms with Crippen molar-refractivity contribution in [2.75, 3.05) is 13.1 Å². The summed E-state index contributed by atoms with van der Waals surface area (Å²) in [6.07, 6.45) is 3.37. The molecule has 6 heteroatoms. The van der Waals surface area contributed by atoms with E-state index in [0.717, 1.165) is 31.2 Å². The lowest BCUT2D eigenvalue weighted by molar-refractivity contribution is -0.133. The number of nitrogens with zero attached hydrogens (tertiary/aromatic N) is 1. The number of amides is 2. The molecule has 0 spiro atoms. The molecule has 1 aliphatic rings. The van der Waals surface area contributed by atoms with E-state index in [1.807, 2.05) is 37.3 Å². The first kappa shape index (κ1) is 18.3. The molecule has 0 aromatic heterocycles. The van der Waals surface area contributed by atoms with Crippen molar-refractivity contribution in [2.45, 2.75) is 51.3 Å². The first-order valence-electron chi connectivity index (χ1n) is 8.62. The lowest BCUT2D eigenvalue weighted by Gasteiger charge is -2.39. The number of hydrogen-bond donors (Lipinski definition) is 2. The molecular weight excluding hydrogens is 306 g/mol. The van der Waals surface area contributed by atoms with Crippen LogP contribution in [0.5, 0.6) is 0 Å². The minimum atomic E-state index is -0.438. The second kappa shape index (κ2) is 9.27. The number of nitrogens with one attached hydrogen (secondary N) is 1. The smallest absolute Gasteiger partial charge is 0.407 e. The minimum absolute atomic E-state index is 0.00445. The highest BCUT2D eigenvalue weighted by Crippen LogP contribution is 2.23. The Morgan fingerprint density at radius 1 is 1.25 bits per heavy atom. The second-order valence-electron chi connectivity index (χ2n) is 6.05. The molecule has 1 saturated carbocycles. The Kier molecular flexibility index (Phi) is 7.06. The first-order chi connectivity index (χ1) is 11.7. The number of ether oxygens (including phenoxy) is 1. The van der Waals surface area contributed by atoms with Crippen LogP contribution >= 0.6 is 0 Å². The Bertz CT molecular complexity index is 536. The van der Waals surface area contributed by atoms with Gasteiger partial charge < -0.3 is 20.7 Å². The van der Waals surface area contributed by atoms with Crippen LogP contribution in [-0.4, -0.2) is 42.1 Å². The molecule has 0 unspecified atom stereocenters. The third-order valence-electron chi connectivity index (χ3n) is 4.48. The Balaban J connectivity index is 1.92. The van der Waals surface area contributed by atoms with Crippen molar-refractivity contribution in [3.63, 3.8) is 0 Å². The average Bonchev–Trinajstić information content (AvgIpc) is 2.62. The predicted octanol–water partition coefficient (Wildman–Crippen LogP) is 2.03. The second-order valence-corrected chi connectivity index (χ2v) is 6.05. The Morgan fingerprint density at radius 3 is 2.62 bits per heavy atom. The van der Waals surface area contributed by atoms with E-state index >= 15 is 0 Å². The highest BCUT2D eigenvalue weighted by Gasteiger charge is 2.32. The van der Waals surface area contributed by atoms with Gasteiger partial charge in [0.05, 0.1) is 18.6 Å². The summed E-state index contributed by atoms with van der Waals surface area (Å²) in [5.74, 6) is -0.0751. The van der Waals surface area contributed by atoms with Gasteiger partial charge in [-0.05, 0) is 25.3 Å². The van der Waals surface area contributed by atoms with Gasteiger partial charge in [-0.25, -0.2) is 4.79 Å². The van der Waals surface area contributed by atoms with Crippen LogP contribution < -0.4 is 11.1 Å². The number of carbonyl (C=O) groups is 2. The molecule has 2 rings (SSSR count). The molecule has 1 aromatic carbocycles. The summed E-state index contributed by atoms with van der Waals surface area (Å²) in [6.45, 7) is 2.77. The zero-order valence-corrected chi connectivity index (χ0v) is 14.2. The molecule has 0 aliphatic heterocycles. The number of nitrogens with two attached hydrogens (primary N) is 1. The average molecular weight is 333 g/mol. The van der Waals surface area contributed by atoms with Gasteiger partial charge in [0.1, 0.15) is 6.61 Å². The SMILES string of the molecule is CCN(C(=O)CN)[C@@H]1CCCC[C@H]1NC(=O)OCc1ccccc1. The van der Waals surface area contributed by atoms with Gasteiger partial charge in [-0.1, -0.05) is 43.2 Å². The lowest BCUT2D eigenvalue weighted by Crippen LogP contribution is -2.56. The van der Waals surface area contributed by atoms with Crippen LogP contribution in [0.15, 0.2) is 30.3 Å². The quantitative estimate of drug-likeness (QED) is 0.834. The van der Waals surface area contributed by atoms with Crippen molar-refractivity contribution in [1.29, 1.82) is 0 Å². The number of hydrogen-bond acceptors (Lipinski definition) is 4. The van der Waals surface area contributed by atoms with Gasteiger partial charge in [-0.2, -0.15) is 0 Å². The van der Waals surface area contributed by atoms with Crippen LogP contribution in [0.3, 0.4) is 0 Å². The fourth-order valence-corrected chi connectivity index (χ4v) is 3.28. The molecule has 6 nitrogen and oxygen atoms in total. The topological polar surface area (TPSA) is 84.7 Å². The van der Waals surface area contributed by atoms with E-state index in [9.17, 15) is 9.59 Å². The zero-order valence-electron chi connectivity index (χ0n) is 14.2. The van der Waals surface area contributed by atoms with Crippen LogP contribution in [-0.2, 0) is 16.1 Å². The monoisotopic (exact) mass is 333 g/mol. The molecular formula is C18H27N3O3. The van der Waals surface area contributed by atoms with Crippen molar-refractivity contribution in [1.82, 2.24) is 10.2 Å². The summed E-state index contributed by atoms with van der Waals surface area (Å²) >= 11 is 0. The lowest BCUT2D eigenvalue weighted by atomic mass is 9.89. The van der Waals surface area contributed by atoms with Gasteiger partial charge in [0, 0.05) is 6.54 Å². The summed E-state index contributed by atoms with van der Waals surface area (Å²) in [6, 6.07) is 9.47. The number of rotatable bonds is 6. The number of likely N-dealkylation sites (N-methyl/N-ethyl adjacent to an activating group) is 1. The van der Waals surface area contributed by atoms with Crippen LogP contribution in [0, 0.1) is 0 Å². The molecule has 0 heterocycles. The van der Waals surface area contributed by atoms with E-state index in [4.69, 9.17) is 10.5 Å². The summed E-state index contributed by atoms with van der Waals surface area (Å²) in [7, 11) is 0. The maximum atomic E-state index is 12.1. The van der Waals surface area contributed by atoms with E-state index in [2.05, 4.69) is 5.32 Å². The molecule has 132 valence electrons. The number of benzene rings is 1. The maximum absolute atomic E-state index is 12.1. The van der Waals surface area contributed by atoms with Gasteiger partial charge >= 0.3 is 6.09 Å². The fraction of sp³-hybridized carbons (Fsp3) is 0.556. The van der Waals surface area contributed by atoms with Crippen LogP contribution in [0.4, 0.5) is 4.79 Å². The minimum Gasteiger partial charge on any atom is -0.445 e. The molecule has 3 N–H and O–H groups in total. The Hall–Kier alpha value is -2.08. The van der Waals surface area contributed by atoms with E-state index in [-0.39, 0.29) is 31.1 Å². The van der Waals surface area contributed by atoms with E-state index in [1.165, 1.54) is 0 Å². The molecule has 0 radical (unpaired) electrons. The van der Waals surface area contributed by atoms with E-state index < -0.39 is 6.09 Å². The molecule has 2 amide bonds.